The quantitative estimate of drug-likeness (QED) is 0.609. The van der Waals surface area contributed by atoms with Crippen molar-refractivity contribution in [3.8, 4) is 11.8 Å². The second kappa shape index (κ2) is 8.23. The Morgan fingerprint density at radius 3 is 2.79 bits per heavy atom. The van der Waals surface area contributed by atoms with Gasteiger partial charge in [-0.05, 0) is 18.4 Å². The van der Waals surface area contributed by atoms with Gasteiger partial charge in [-0.3, -0.25) is 0 Å². The highest BCUT2D eigenvalue weighted by molar-refractivity contribution is 7.98. The number of benzene rings is 1. The molecule has 0 aliphatic carbocycles. The number of hydrogen-bond donors (Lipinski definition) is 2. The van der Waals surface area contributed by atoms with Crippen molar-refractivity contribution in [2.24, 2.45) is 0 Å². The highest BCUT2D eigenvalue weighted by Gasteiger charge is 2.16. The number of thioether (sulfide) groups is 1. The van der Waals surface area contributed by atoms with Crippen LogP contribution < -0.4 is 4.72 Å². The first-order valence-electron chi connectivity index (χ1n) is 5.79. The van der Waals surface area contributed by atoms with Gasteiger partial charge in [0.2, 0.25) is 10.0 Å². The number of aliphatic hydroxyl groups excluding tert-OH is 1. The molecule has 1 aromatic carbocycles. The van der Waals surface area contributed by atoms with Gasteiger partial charge in [0.1, 0.15) is 0 Å². The molecular weight excluding hydrogens is 282 g/mol. The molecule has 6 heteroatoms. The minimum atomic E-state index is -3.53. The van der Waals surface area contributed by atoms with E-state index in [0.29, 0.717) is 18.5 Å². The van der Waals surface area contributed by atoms with Crippen LogP contribution in [0.1, 0.15) is 12.0 Å². The average Bonchev–Trinajstić information content (AvgIpc) is 2.40. The van der Waals surface area contributed by atoms with Gasteiger partial charge >= 0.3 is 0 Å². The van der Waals surface area contributed by atoms with Gasteiger partial charge in [0, 0.05) is 24.3 Å². The first kappa shape index (κ1) is 16.1. The van der Waals surface area contributed by atoms with Crippen LogP contribution in [0, 0.1) is 11.8 Å². The Kier molecular flexibility index (Phi) is 6.95. The highest BCUT2D eigenvalue weighted by Crippen LogP contribution is 2.14. The molecule has 0 aliphatic heterocycles. The molecule has 0 saturated heterocycles. The molecule has 0 fully saturated rings. The normalized spacial score (nSPS) is 10.8. The fourth-order valence-electron chi connectivity index (χ4n) is 1.37. The first-order chi connectivity index (χ1) is 9.11. The molecule has 0 aliphatic rings. The number of nitrogens with one attached hydrogen (secondary N) is 1. The monoisotopic (exact) mass is 299 g/mol. The number of sulfonamides is 1. The lowest BCUT2D eigenvalue weighted by Gasteiger charge is -2.07. The SMILES string of the molecule is CSCCNS(=O)(=O)c1ccccc1C#CCCO. The van der Waals surface area contributed by atoms with Crippen molar-refractivity contribution >= 4 is 21.8 Å². The molecule has 0 heterocycles. The van der Waals surface area contributed by atoms with E-state index in [1.165, 1.54) is 6.07 Å². The van der Waals surface area contributed by atoms with Crippen molar-refractivity contribution in [3.63, 3.8) is 0 Å². The highest BCUT2D eigenvalue weighted by atomic mass is 32.2. The van der Waals surface area contributed by atoms with E-state index in [0.717, 1.165) is 5.75 Å². The standard InChI is InChI=1S/C13H17NO3S2/c1-18-11-9-14-19(16,17)13-8-3-2-6-12(13)7-4-5-10-15/h2-3,6,8,14-15H,5,9-11H2,1H3. The summed E-state index contributed by atoms with van der Waals surface area (Å²) in [5, 5.41) is 8.68. The molecule has 0 amide bonds. The molecule has 0 spiro atoms. The van der Waals surface area contributed by atoms with E-state index in [2.05, 4.69) is 16.6 Å². The summed E-state index contributed by atoms with van der Waals surface area (Å²) in [5.74, 6) is 6.23. The number of rotatable bonds is 6. The molecular formula is C13H17NO3S2. The zero-order chi connectivity index (χ0) is 14.1. The van der Waals surface area contributed by atoms with E-state index in [1.807, 2.05) is 6.26 Å². The summed E-state index contributed by atoms with van der Waals surface area (Å²) in [5.41, 5.74) is 0.451. The van der Waals surface area contributed by atoms with Crippen LogP contribution in [0.25, 0.3) is 0 Å². The summed E-state index contributed by atoms with van der Waals surface area (Å²) in [4.78, 5) is 0.182. The second-order valence-electron chi connectivity index (χ2n) is 3.66. The lowest BCUT2D eigenvalue weighted by molar-refractivity contribution is 0.305. The zero-order valence-electron chi connectivity index (χ0n) is 10.7. The van der Waals surface area contributed by atoms with Crippen molar-refractivity contribution in [1.29, 1.82) is 0 Å². The molecule has 19 heavy (non-hydrogen) atoms. The summed E-state index contributed by atoms with van der Waals surface area (Å²) in [6, 6.07) is 6.60. The average molecular weight is 299 g/mol. The molecule has 4 nitrogen and oxygen atoms in total. The van der Waals surface area contributed by atoms with Gasteiger partial charge in [0.05, 0.1) is 11.5 Å². The molecule has 0 atom stereocenters. The van der Waals surface area contributed by atoms with Crippen molar-refractivity contribution in [2.45, 2.75) is 11.3 Å². The van der Waals surface area contributed by atoms with Crippen molar-refractivity contribution in [3.05, 3.63) is 29.8 Å². The van der Waals surface area contributed by atoms with Crippen molar-refractivity contribution in [1.82, 2.24) is 4.72 Å². The molecule has 104 valence electrons. The Labute approximate surface area is 118 Å². The minimum absolute atomic E-state index is 0.0338. The molecule has 0 aromatic heterocycles. The third kappa shape index (κ3) is 5.25. The van der Waals surface area contributed by atoms with E-state index < -0.39 is 10.0 Å². The lowest BCUT2D eigenvalue weighted by Crippen LogP contribution is -2.26. The van der Waals surface area contributed by atoms with E-state index in [9.17, 15) is 8.42 Å². The smallest absolute Gasteiger partial charge is 0.241 e. The third-order valence-corrected chi connectivity index (χ3v) is 4.37. The van der Waals surface area contributed by atoms with E-state index in [1.54, 1.807) is 30.0 Å². The van der Waals surface area contributed by atoms with Crippen LogP contribution in [0.3, 0.4) is 0 Å². The lowest BCUT2D eigenvalue weighted by atomic mass is 10.2. The van der Waals surface area contributed by atoms with E-state index >= 15 is 0 Å². The van der Waals surface area contributed by atoms with Crippen LogP contribution in [0.15, 0.2) is 29.2 Å². The Balaban J connectivity index is 2.97. The van der Waals surface area contributed by atoms with Gasteiger partial charge in [-0.25, -0.2) is 13.1 Å². The summed E-state index contributed by atoms with van der Waals surface area (Å²) in [7, 11) is -3.53. The van der Waals surface area contributed by atoms with Crippen molar-refractivity contribution < 1.29 is 13.5 Å². The minimum Gasteiger partial charge on any atom is -0.395 e. The molecule has 0 radical (unpaired) electrons. The Bertz CT molecular complexity index is 559. The third-order valence-electron chi connectivity index (χ3n) is 2.23. The Hall–Kier alpha value is -1.00. The van der Waals surface area contributed by atoms with Crippen LogP contribution in [0.2, 0.25) is 0 Å². The Morgan fingerprint density at radius 1 is 1.37 bits per heavy atom. The maximum Gasteiger partial charge on any atom is 0.241 e. The van der Waals surface area contributed by atoms with Gasteiger partial charge in [-0.2, -0.15) is 11.8 Å². The molecule has 0 bridgehead atoms. The Morgan fingerprint density at radius 2 is 2.11 bits per heavy atom. The zero-order valence-corrected chi connectivity index (χ0v) is 12.4. The largest absolute Gasteiger partial charge is 0.395 e. The summed E-state index contributed by atoms with van der Waals surface area (Å²) >= 11 is 1.58. The second-order valence-corrected chi connectivity index (χ2v) is 6.38. The van der Waals surface area contributed by atoms with Crippen LogP contribution in [-0.2, 0) is 10.0 Å². The topological polar surface area (TPSA) is 66.4 Å². The van der Waals surface area contributed by atoms with Crippen LogP contribution in [-0.4, -0.2) is 38.7 Å². The number of hydrogen-bond acceptors (Lipinski definition) is 4. The van der Waals surface area contributed by atoms with Gasteiger partial charge in [0.15, 0.2) is 0 Å². The van der Waals surface area contributed by atoms with Crippen molar-refractivity contribution in [2.75, 3.05) is 25.2 Å². The summed E-state index contributed by atoms with van der Waals surface area (Å²) < 4.78 is 26.8. The summed E-state index contributed by atoms with van der Waals surface area (Å²) in [6.45, 7) is 0.357. The van der Waals surface area contributed by atoms with Gasteiger partial charge in [-0.1, -0.05) is 24.0 Å². The van der Waals surface area contributed by atoms with Gasteiger partial charge in [-0.15, -0.1) is 0 Å². The van der Waals surface area contributed by atoms with Crippen LogP contribution in [0.4, 0.5) is 0 Å². The molecule has 0 unspecified atom stereocenters. The maximum atomic E-state index is 12.1. The molecule has 1 rings (SSSR count). The van der Waals surface area contributed by atoms with Crippen LogP contribution >= 0.6 is 11.8 Å². The van der Waals surface area contributed by atoms with Gasteiger partial charge in [0.25, 0.3) is 0 Å². The predicted molar refractivity (Wildman–Crippen MR) is 78.6 cm³/mol. The number of aliphatic hydroxyl groups is 1. The molecule has 0 saturated carbocycles. The first-order valence-corrected chi connectivity index (χ1v) is 8.67. The fraction of sp³-hybridized carbons (Fsp3) is 0.385. The summed E-state index contributed by atoms with van der Waals surface area (Å²) in [6.07, 6.45) is 2.25. The molecule has 1 aromatic rings. The van der Waals surface area contributed by atoms with Gasteiger partial charge < -0.3 is 5.11 Å². The van der Waals surface area contributed by atoms with Crippen LogP contribution in [0.5, 0.6) is 0 Å². The maximum absolute atomic E-state index is 12.1. The predicted octanol–water partition coefficient (Wildman–Crippen LogP) is 1.06. The van der Waals surface area contributed by atoms with E-state index in [-0.39, 0.29) is 11.5 Å². The molecule has 2 N–H and O–H groups in total. The fourth-order valence-corrected chi connectivity index (χ4v) is 3.00. The van der Waals surface area contributed by atoms with E-state index in [4.69, 9.17) is 5.11 Å².